The first-order valence-corrected chi connectivity index (χ1v) is 1.94. The molecule has 0 amide bonds. The molecule has 1 nitrogen and oxygen atoms in total. The van der Waals surface area contributed by atoms with E-state index in [1.165, 1.54) is 4.90 Å². The van der Waals surface area contributed by atoms with Gasteiger partial charge in [0, 0.05) is 0 Å². The molecule has 0 heterocycles. The highest BCUT2D eigenvalue weighted by Crippen LogP contribution is 2.01. The number of hydrogen-bond acceptors (Lipinski definition) is 1. The largest absolute Gasteiger partial charge is 0.323 e. The predicted octanol–water partition coefficient (Wildman–Crippen LogP) is 0.976. The van der Waals surface area contributed by atoms with Gasteiger partial charge in [-0.3, -0.25) is 0 Å². The molecule has 7 heavy (non-hydrogen) atoms. The van der Waals surface area contributed by atoms with Crippen molar-refractivity contribution < 1.29 is 8.78 Å². The Balaban J connectivity index is 2.95. The second-order valence-corrected chi connectivity index (χ2v) is 1.58. The van der Waals surface area contributed by atoms with Crippen molar-refractivity contribution in [3.63, 3.8) is 0 Å². The standard InChI is InChI=1S/C4H8F2N/c1-7(2)3-4(5)6/h3H2,1-2H3. The summed E-state index contributed by atoms with van der Waals surface area (Å²) in [6.07, 6.45) is -1.54. The van der Waals surface area contributed by atoms with Crippen molar-refractivity contribution in [2.75, 3.05) is 20.6 Å². The fourth-order valence-electron chi connectivity index (χ4n) is 0.239. The quantitative estimate of drug-likeness (QED) is 0.509. The lowest BCUT2D eigenvalue weighted by atomic mass is 10.6. The summed E-state index contributed by atoms with van der Waals surface area (Å²) in [6, 6.07) is 0. The molecule has 0 spiro atoms. The van der Waals surface area contributed by atoms with Gasteiger partial charge in [-0.05, 0) is 14.1 Å². The summed E-state index contributed by atoms with van der Waals surface area (Å²) in [5, 5.41) is 0. The highest BCUT2D eigenvalue weighted by molar-refractivity contribution is 4.61. The lowest BCUT2D eigenvalue weighted by Gasteiger charge is -2.04. The first-order chi connectivity index (χ1) is 3.13. The van der Waals surface area contributed by atoms with Crippen molar-refractivity contribution in [2.24, 2.45) is 0 Å². The van der Waals surface area contributed by atoms with E-state index in [-0.39, 0.29) is 6.54 Å². The van der Waals surface area contributed by atoms with E-state index in [1.54, 1.807) is 14.1 Å². The fourth-order valence-corrected chi connectivity index (χ4v) is 0.239. The van der Waals surface area contributed by atoms with E-state index in [0.717, 1.165) is 0 Å². The van der Waals surface area contributed by atoms with Crippen LogP contribution >= 0.6 is 0 Å². The Kier molecular flexibility index (Phi) is 2.83. The van der Waals surface area contributed by atoms with Gasteiger partial charge in [0.25, 0.3) is 0 Å². The SMILES string of the molecule is CN(C)C[C](F)F. The topological polar surface area (TPSA) is 3.24 Å². The third-order valence-corrected chi connectivity index (χ3v) is 0.436. The van der Waals surface area contributed by atoms with E-state index < -0.39 is 6.43 Å². The highest BCUT2D eigenvalue weighted by atomic mass is 19.3. The molecule has 0 aliphatic carbocycles. The average molecular weight is 108 g/mol. The van der Waals surface area contributed by atoms with Gasteiger partial charge >= 0.3 is 6.43 Å². The maximum absolute atomic E-state index is 11.2. The number of nitrogens with zero attached hydrogens (tertiary/aromatic N) is 1. The molecule has 0 aliphatic rings. The first-order valence-electron chi connectivity index (χ1n) is 1.94. The van der Waals surface area contributed by atoms with E-state index in [4.69, 9.17) is 0 Å². The molecule has 0 fully saturated rings. The first kappa shape index (κ1) is 6.82. The molecule has 0 atom stereocenters. The molecular weight excluding hydrogens is 100 g/mol. The van der Waals surface area contributed by atoms with Crippen LogP contribution in [0.1, 0.15) is 0 Å². The Morgan fingerprint density at radius 2 is 1.86 bits per heavy atom. The molecule has 0 bridgehead atoms. The average Bonchev–Trinajstić information content (AvgIpc) is 1.27. The Bertz CT molecular complexity index is 39.0. The van der Waals surface area contributed by atoms with Crippen LogP contribution < -0.4 is 0 Å². The Hall–Kier alpha value is -0.180. The second-order valence-electron chi connectivity index (χ2n) is 1.58. The summed E-state index contributed by atoms with van der Waals surface area (Å²) < 4.78 is 22.3. The van der Waals surface area contributed by atoms with Crippen molar-refractivity contribution >= 4 is 0 Å². The van der Waals surface area contributed by atoms with Gasteiger partial charge in [-0.2, -0.15) is 8.78 Å². The molecule has 0 rings (SSSR count). The van der Waals surface area contributed by atoms with Crippen LogP contribution in [-0.4, -0.2) is 25.5 Å². The summed E-state index contributed by atoms with van der Waals surface area (Å²) in [6.45, 7) is -0.222. The van der Waals surface area contributed by atoms with Crippen molar-refractivity contribution in [1.82, 2.24) is 4.90 Å². The van der Waals surface area contributed by atoms with Crippen molar-refractivity contribution in [1.29, 1.82) is 0 Å². The molecule has 3 heteroatoms. The van der Waals surface area contributed by atoms with Gasteiger partial charge in [-0.25, -0.2) is 0 Å². The zero-order valence-corrected chi connectivity index (χ0v) is 4.41. The molecule has 1 radical (unpaired) electrons. The maximum Gasteiger partial charge on any atom is 0.323 e. The Morgan fingerprint density at radius 3 is 1.86 bits per heavy atom. The van der Waals surface area contributed by atoms with Crippen LogP contribution in [0, 0.1) is 6.43 Å². The molecule has 0 saturated carbocycles. The smallest absolute Gasteiger partial charge is 0.303 e. The molecule has 0 aromatic heterocycles. The van der Waals surface area contributed by atoms with Crippen molar-refractivity contribution in [2.45, 2.75) is 0 Å². The van der Waals surface area contributed by atoms with Gasteiger partial charge in [-0.1, -0.05) is 0 Å². The van der Waals surface area contributed by atoms with Gasteiger partial charge in [-0.15, -0.1) is 0 Å². The summed E-state index contributed by atoms with van der Waals surface area (Å²) in [7, 11) is 3.19. The lowest BCUT2D eigenvalue weighted by Crippen LogP contribution is -2.15. The number of rotatable bonds is 2. The Morgan fingerprint density at radius 1 is 1.43 bits per heavy atom. The van der Waals surface area contributed by atoms with Crippen LogP contribution in [0.25, 0.3) is 0 Å². The minimum atomic E-state index is -1.54. The summed E-state index contributed by atoms with van der Waals surface area (Å²) in [5.41, 5.74) is 0. The van der Waals surface area contributed by atoms with E-state index in [9.17, 15) is 8.78 Å². The van der Waals surface area contributed by atoms with Crippen LogP contribution in [-0.2, 0) is 0 Å². The summed E-state index contributed by atoms with van der Waals surface area (Å²) in [4.78, 5) is 1.41. The minimum absolute atomic E-state index is 0.222. The molecule has 0 aromatic rings. The summed E-state index contributed by atoms with van der Waals surface area (Å²) in [5.74, 6) is 0. The van der Waals surface area contributed by atoms with Gasteiger partial charge in [0.2, 0.25) is 0 Å². The fraction of sp³-hybridized carbons (Fsp3) is 0.750. The van der Waals surface area contributed by atoms with Gasteiger partial charge < -0.3 is 4.90 Å². The van der Waals surface area contributed by atoms with Crippen molar-refractivity contribution in [3.8, 4) is 0 Å². The predicted molar refractivity (Wildman–Crippen MR) is 24.0 cm³/mol. The maximum atomic E-state index is 11.2. The molecule has 0 aromatic carbocycles. The van der Waals surface area contributed by atoms with Crippen LogP contribution in [0.15, 0.2) is 0 Å². The van der Waals surface area contributed by atoms with E-state index in [1.807, 2.05) is 0 Å². The highest BCUT2D eigenvalue weighted by Gasteiger charge is 2.04. The van der Waals surface area contributed by atoms with Gasteiger partial charge in [0.05, 0.1) is 6.54 Å². The molecule has 0 aliphatic heterocycles. The van der Waals surface area contributed by atoms with Crippen LogP contribution in [0.4, 0.5) is 8.78 Å². The zero-order valence-electron chi connectivity index (χ0n) is 4.41. The van der Waals surface area contributed by atoms with E-state index in [2.05, 4.69) is 0 Å². The Labute approximate surface area is 41.9 Å². The molecule has 0 N–H and O–H groups in total. The number of hydrogen-bond donors (Lipinski definition) is 0. The van der Waals surface area contributed by atoms with Crippen LogP contribution in [0.3, 0.4) is 0 Å². The zero-order chi connectivity index (χ0) is 5.86. The lowest BCUT2D eigenvalue weighted by molar-refractivity contribution is 0.225. The molecule has 43 valence electrons. The monoisotopic (exact) mass is 108 g/mol. The van der Waals surface area contributed by atoms with Crippen LogP contribution in [0.5, 0.6) is 0 Å². The van der Waals surface area contributed by atoms with Crippen LogP contribution in [0.2, 0.25) is 0 Å². The third kappa shape index (κ3) is 5.82. The molecule has 0 saturated heterocycles. The summed E-state index contributed by atoms with van der Waals surface area (Å²) >= 11 is 0. The van der Waals surface area contributed by atoms with E-state index in [0.29, 0.717) is 0 Å². The van der Waals surface area contributed by atoms with Gasteiger partial charge in [0.15, 0.2) is 0 Å². The second kappa shape index (κ2) is 2.91. The van der Waals surface area contributed by atoms with Crippen molar-refractivity contribution in [3.05, 3.63) is 6.43 Å². The number of halogens is 2. The third-order valence-electron chi connectivity index (χ3n) is 0.436. The normalized spacial score (nSPS) is 11.1. The molecule has 0 unspecified atom stereocenters. The minimum Gasteiger partial charge on any atom is -0.303 e. The van der Waals surface area contributed by atoms with Gasteiger partial charge in [0.1, 0.15) is 0 Å². The molecular formula is C4H8F2N. The van der Waals surface area contributed by atoms with E-state index >= 15 is 0 Å².